The summed E-state index contributed by atoms with van der Waals surface area (Å²) < 4.78 is 10.3. The van der Waals surface area contributed by atoms with Crippen LogP contribution in [0.5, 0.6) is 0 Å². The van der Waals surface area contributed by atoms with E-state index in [1.54, 1.807) is 24.5 Å². The average Bonchev–Trinajstić information content (AvgIpc) is 2.97. The first-order chi connectivity index (χ1) is 10.3. The van der Waals surface area contributed by atoms with E-state index in [0.29, 0.717) is 38.5 Å². The lowest BCUT2D eigenvalue weighted by Gasteiger charge is -2.07. The predicted molar refractivity (Wildman–Crippen MR) is 77.2 cm³/mol. The van der Waals surface area contributed by atoms with E-state index in [1.165, 1.54) is 0 Å². The number of amides is 1. The molecule has 1 heterocycles. The van der Waals surface area contributed by atoms with Crippen LogP contribution in [0.1, 0.15) is 10.4 Å². The van der Waals surface area contributed by atoms with Crippen LogP contribution in [-0.2, 0) is 9.47 Å². The van der Waals surface area contributed by atoms with Gasteiger partial charge in [0.15, 0.2) is 0 Å². The molecule has 0 saturated carbocycles. The molecular formula is C14H19N3O4. The number of ether oxygens (including phenoxy) is 2. The number of carbonyl (C=O) groups excluding carboxylic acids is 1. The van der Waals surface area contributed by atoms with Crippen LogP contribution in [-0.4, -0.2) is 60.6 Å². The lowest BCUT2D eigenvalue weighted by Crippen LogP contribution is -2.27. The van der Waals surface area contributed by atoms with Crippen LogP contribution >= 0.6 is 0 Å². The summed E-state index contributed by atoms with van der Waals surface area (Å²) in [7, 11) is 0. The minimum Gasteiger partial charge on any atom is -0.394 e. The number of aliphatic hydroxyl groups is 1. The third kappa shape index (κ3) is 4.82. The lowest BCUT2D eigenvalue weighted by atomic mass is 10.2. The minimum absolute atomic E-state index is 0.0106. The maximum absolute atomic E-state index is 11.9. The Labute approximate surface area is 122 Å². The van der Waals surface area contributed by atoms with Crippen molar-refractivity contribution in [1.29, 1.82) is 0 Å². The van der Waals surface area contributed by atoms with Crippen LogP contribution in [0.4, 0.5) is 0 Å². The van der Waals surface area contributed by atoms with Gasteiger partial charge in [0.05, 0.1) is 50.4 Å². The van der Waals surface area contributed by atoms with Crippen LogP contribution in [0.3, 0.4) is 0 Å². The number of aromatic amines is 1. The second-order valence-electron chi connectivity index (χ2n) is 4.34. The first kappa shape index (κ1) is 15.4. The number of aliphatic hydroxyl groups excluding tert-OH is 1. The minimum atomic E-state index is -0.147. The Morgan fingerprint density at radius 3 is 2.86 bits per heavy atom. The van der Waals surface area contributed by atoms with E-state index in [0.717, 1.165) is 11.0 Å². The molecule has 2 aromatic rings. The van der Waals surface area contributed by atoms with Crippen molar-refractivity contribution in [2.75, 3.05) is 39.6 Å². The highest BCUT2D eigenvalue weighted by Crippen LogP contribution is 2.11. The Kier molecular flexibility index (Phi) is 6.14. The summed E-state index contributed by atoms with van der Waals surface area (Å²) in [4.78, 5) is 19.0. The van der Waals surface area contributed by atoms with Crippen LogP contribution < -0.4 is 5.32 Å². The largest absolute Gasteiger partial charge is 0.394 e. The molecule has 0 saturated heterocycles. The van der Waals surface area contributed by atoms with Crippen molar-refractivity contribution in [3.8, 4) is 0 Å². The van der Waals surface area contributed by atoms with Crippen molar-refractivity contribution >= 4 is 16.9 Å². The smallest absolute Gasteiger partial charge is 0.251 e. The van der Waals surface area contributed by atoms with E-state index in [-0.39, 0.29) is 12.5 Å². The van der Waals surface area contributed by atoms with Gasteiger partial charge in [0.1, 0.15) is 0 Å². The first-order valence-corrected chi connectivity index (χ1v) is 6.79. The Hall–Kier alpha value is -1.96. The summed E-state index contributed by atoms with van der Waals surface area (Å²) in [5.41, 5.74) is 2.25. The average molecular weight is 293 g/mol. The molecule has 0 unspecified atom stereocenters. The third-order valence-corrected chi connectivity index (χ3v) is 2.82. The number of H-pyrrole nitrogens is 1. The van der Waals surface area contributed by atoms with Crippen molar-refractivity contribution in [3.05, 3.63) is 30.1 Å². The molecular weight excluding hydrogens is 274 g/mol. The zero-order valence-electron chi connectivity index (χ0n) is 11.7. The molecule has 7 nitrogen and oxygen atoms in total. The van der Waals surface area contributed by atoms with Gasteiger partial charge >= 0.3 is 0 Å². The van der Waals surface area contributed by atoms with Crippen LogP contribution in [0.15, 0.2) is 24.5 Å². The number of nitrogens with one attached hydrogen (secondary N) is 2. The van der Waals surface area contributed by atoms with Crippen molar-refractivity contribution < 1.29 is 19.4 Å². The normalized spacial score (nSPS) is 10.9. The molecule has 21 heavy (non-hydrogen) atoms. The topological polar surface area (TPSA) is 96.5 Å². The summed E-state index contributed by atoms with van der Waals surface area (Å²) in [5.74, 6) is -0.147. The Morgan fingerprint density at radius 1 is 1.24 bits per heavy atom. The first-order valence-electron chi connectivity index (χ1n) is 6.79. The number of hydrogen-bond donors (Lipinski definition) is 3. The van der Waals surface area contributed by atoms with Crippen LogP contribution in [0.25, 0.3) is 11.0 Å². The SMILES string of the molecule is O=C(NCCOCCOCCO)c1ccc2nc[nH]c2c1. The second kappa shape index (κ2) is 8.35. The monoisotopic (exact) mass is 293 g/mol. The zero-order chi connectivity index (χ0) is 14.9. The van der Waals surface area contributed by atoms with Crippen molar-refractivity contribution in [2.45, 2.75) is 0 Å². The Morgan fingerprint density at radius 2 is 2.05 bits per heavy atom. The summed E-state index contributed by atoms with van der Waals surface area (Å²) in [5, 5.41) is 11.3. The van der Waals surface area contributed by atoms with E-state index in [2.05, 4.69) is 15.3 Å². The number of aromatic nitrogens is 2. The number of carbonyl (C=O) groups is 1. The van der Waals surface area contributed by atoms with Gasteiger partial charge in [-0.25, -0.2) is 4.98 Å². The van der Waals surface area contributed by atoms with Gasteiger partial charge in [0.25, 0.3) is 5.91 Å². The van der Waals surface area contributed by atoms with Gasteiger partial charge in [-0.05, 0) is 18.2 Å². The molecule has 0 bridgehead atoms. The third-order valence-electron chi connectivity index (χ3n) is 2.82. The summed E-state index contributed by atoms with van der Waals surface area (Å²) >= 11 is 0. The summed E-state index contributed by atoms with van der Waals surface area (Å²) in [6.45, 7) is 2.05. The molecule has 2 rings (SSSR count). The standard InChI is InChI=1S/C14H19N3O4/c18-4-6-21-8-7-20-5-3-15-14(19)11-1-2-12-13(9-11)17-10-16-12/h1-2,9-10,18H,3-8H2,(H,15,19)(H,16,17). The van der Waals surface area contributed by atoms with Gasteiger partial charge in [-0.2, -0.15) is 0 Å². The summed E-state index contributed by atoms with van der Waals surface area (Å²) in [6, 6.07) is 5.30. The molecule has 0 radical (unpaired) electrons. The van der Waals surface area contributed by atoms with Gasteiger partial charge in [0, 0.05) is 12.1 Å². The molecule has 1 aromatic heterocycles. The summed E-state index contributed by atoms with van der Waals surface area (Å²) in [6.07, 6.45) is 1.60. The highest BCUT2D eigenvalue weighted by Gasteiger charge is 2.06. The van der Waals surface area contributed by atoms with Crippen molar-refractivity contribution in [3.63, 3.8) is 0 Å². The fraction of sp³-hybridized carbons (Fsp3) is 0.429. The van der Waals surface area contributed by atoms with Crippen molar-refractivity contribution in [1.82, 2.24) is 15.3 Å². The zero-order valence-corrected chi connectivity index (χ0v) is 11.7. The van der Waals surface area contributed by atoms with Crippen molar-refractivity contribution in [2.24, 2.45) is 0 Å². The van der Waals surface area contributed by atoms with E-state index in [1.807, 2.05) is 0 Å². The molecule has 0 atom stereocenters. The lowest BCUT2D eigenvalue weighted by molar-refractivity contribution is 0.0338. The van der Waals surface area contributed by atoms with Gasteiger partial charge in [-0.15, -0.1) is 0 Å². The molecule has 0 aliphatic carbocycles. The maximum atomic E-state index is 11.9. The fourth-order valence-electron chi connectivity index (χ4n) is 1.80. The predicted octanol–water partition coefficient (Wildman–Crippen LogP) is 0.318. The van der Waals surface area contributed by atoms with Gasteiger partial charge < -0.3 is 24.9 Å². The molecule has 0 aliphatic heterocycles. The van der Waals surface area contributed by atoms with Gasteiger partial charge in [0.2, 0.25) is 0 Å². The van der Waals surface area contributed by atoms with E-state index in [9.17, 15) is 4.79 Å². The fourth-order valence-corrected chi connectivity index (χ4v) is 1.80. The molecule has 7 heteroatoms. The Bertz CT molecular complexity index is 570. The molecule has 1 aromatic carbocycles. The van der Waals surface area contributed by atoms with Gasteiger partial charge in [-0.1, -0.05) is 0 Å². The molecule has 0 fully saturated rings. The quantitative estimate of drug-likeness (QED) is 0.579. The molecule has 0 aliphatic rings. The molecule has 3 N–H and O–H groups in total. The number of benzene rings is 1. The van der Waals surface area contributed by atoms with E-state index < -0.39 is 0 Å². The molecule has 1 amide bonds. The molecule has 0 spiro atoms. The Balaban J connectivity index is 1.65. The number of fused-ring (bicyclic) bond motifs is 1. The van der Waals surface area contributed by atoms with E-state index in [4.69, 9.17) is 14.6 Å². The van der Waals surface area contributed by atoms with Crippen LogP contribution in [0.2, 0.25) is 0 Å². The van der Waals surface area contributed by atoms with Crippen LogP contribution in [0, 0.1) is 0 Å². The van der Waals surface area contributed by atoms with Gasteiger partial charge in [-0.3, -0.25) is 4.79 Å². The highest BCUT2D eigenvalue weighted by atomic mass is 16.5. The van der Waals surface area contributed by atoms with E-state index >= 15 is 0 Å². The number of nitrogens with zero attached hydrogens (tertiary/aromatic N) is 1. The number of hydrogen-bond acceptors (Lipinski definition) is 5. The number of rotatable bonds is 9. The molecule has 114 valence electrons. The second-order valence-corrected chi connectivity index (χ2v) is 4.34. The maximum Gasteiger partial charge on any atom is 0.251 e. The highest BCUT2D eigenvalue weighted by molar-refractivity contribution is 5.97. The number of imidazole rings is 1.